The number of amides is 1. The fraction of sp³-hybridized carbons (Fsp3) is 0.0455. The van der Waals surface area contributed by atoms with Crippen molar-refractivity contribution in [3.63, 3.8) is 0 Å². The van der Waals surface area contributed by atoms with Crippen molar-refractivity contribution in [1.29, 1.82) is 0 Å². The molecular formula is C22H16N4O. The van der Waals surface area contributed by atoms with E-state index < -0.39 is 0 Å². The van der Waals surface area contributed by atoms with Gasteiger partial charge in [0.15, 0.2) is 5.65 Å². The number of H-pyrrole nitrogens is 1. The SMILES string of the molecule is O=C(NCc1ccccc1)c1ccc2[nH]c3nc4ccccc4nc3c2c1. The topological polar surface area (TPSA) is 70.7 Å². The van der Waals surface area contributed by atoms with E-state index in [2.05, 4.69) is 15.3 Å². The summed E-state index contributed by atoms with van der Waals surface area (Å²) < 4.78 is 0. The lowest BCUT2D eigenvalue weighted by Crippen LogP contribution is -2.22. The van der Waals surface area contributed by atoms with Crippen LogP contribution in [0.1, 0.15) is 15.9 Å². The number of carbonyl (C=O) groups is 1. The molecule has 27 heavy (non-hydrogen) atoms. The normalized spacial score (nSPS) is 11.3. The predicted octanol–water partition coefficient (Wildman–Crippen LogP) is 4.19. The van der Waals surface area contributed by atoms with Crippen LogP contribution in [0.25, 0.3) is 33.1 Å². The Kier molecular flexibility index (Phi) is 3.57. The Hall–Kier alpha value is -3.73. The highest BCUT2D eigenvalue weighted by Gasteiger charge is 2.12. The molecule has 5 nitrogen and oxygen atoms in total. The summed E-state index contributed by atoms with van der Waals surface area (Å²) in [6.07, 6.45) is 0. The van der Waals surface area contributed by atoms with Gasteiger partial charge >= 0.3 is 0 Å². The van der Waals surface area contributed by atoms with Gasteiger partial charge in [-0.3, -0.25) is 4.79 Å². The van der Waals surface area contributed by atoms with E-state index in [0.717, 1.165) is 38.7 Å². The van der Waals surface area contributed by atoms with Crippen molar-refractivity contribution in [2.45, 2.75) is 6.54 Å². The van der Waals surface area contributed by atoms with E-state index in [-0.39, 0.29) is 5.91 Å². The third kappa shape index (κ3) is 2.79. The molecule has 2 aromatic heterocycles. The Balaban J connectivity index is 1.52. The van der Waals surface area contributed by atoms with Gasteiger partial charge in [-0.05, 0) is 35.9 Å². The summed E-state index contributed by atoms with van der Waals surface area (Å²) in [5.74, 6) is -0.108. The summed E-state index contributed by atoms with van der Waals surface area (Å²) in [5.41, 5.74) is 5.78. The van der Waals surface area contributed by atoms with Gasteiger partial charge in [-0.25, -0.2) is 9.97 Å². The van der Waals surface area contributed by atoms with Crippen LogP contribution in [0.2, 0.25) is 0 Å². The average molecular weight is 352 g/mol. The van der Waals surface area contributed by atoms with Gasteiger partial charge in [0.25, 0.3) is 5.91 Å². The van der Waals surface area contributed by atoms with Crippen LogP contribution >= 0.6 is 0 Å². The van der Waals surface area contributed by atoms with Crippen LogP contribution in [-0.2, 0) is 6.54 Å². The lowest BCUT2D eigenvalue weighted by molar-refractivity contribution is 0.0951. The monoisotopic (exact) mass is 352 g/mol. The largest absolute Gasteiger partial charge is 0.348 e. The number of aromatic amines is 1. The Bertz CT molecular complexity index is 1290. The Morgan fingerprint density at radius 1 is 0.889 bits per heavy atom. The maximum Gasteiger partial charge on any atom is 0.251 e. The molecule has 0 bridgehead atoms. The number of rotatable bonds is 3. The lowest BCUT2D eigenvalue weighted by Gasteiger charge is -2.05. The highest BCUT2D eigenvalue weighted by Crippen LogP contribution is 2.25. The molecule has 5 heteroatoms. The van der Waals surface area contributed by atoms with Gasteiger partial charge in [0.1, 0.15) is 5.52 Å². The maximum atomic E-state index is 12.6. The van der Waals surface area contributed by atoms with Crippen molar-refractivity contribution >= 4 is 39.0 Å². The quantitative estimate of drug-likeness (QED) is 0.511. The summed E-state index contributed by atoms with van der Waals surface area (Å²) in [5, 5.41) is 3.86. The van der Waals surface area contributed by atoms with E-state index in [1.165, 1.54) is 0 Å². The van der Waals surface area contributed by atoms with Crippen molar-refractivity contribution in [2.24, 2.45) is 0 Å². The fourth-order valence-corrected chi connectivity index (χ4v) is 3.27. The van der Waals surface area contributed by atoms with Crippen LogP contribution in [0.15, 0.2) is 72.8 Å². The summed E-state index contributed by atoms with van der Waals surface area (Å²) in [6.45, 7) is 0.496. The maximum absolute atomic E-state index is 12.6. The number of carbonyl (C=O) groups excluding carboxylic acids is 1. The number of para-hydroxylation sites is 2. The average Bonchev–Trinajstić information content (AvgIpc) is 3.07. The number of benzene rings is 3. The zero-order valence-corrected chi connectivity index (χ0v) is 14.4. The highest BCUT2D eigenvalue weighted by atomic mass is 16.1. The first-order valence-electron chi connectivity index (χ1n) is 8.78. The number of hydrogen-bond acceptors (Lipinski definition) is 3. The van der Waals surface area contributed by atoms with E-state index >= 15 is 0 Å². The van der Waals surface area contributed by atoms with E-state index in [1.807, 2.05) is 72.8 Å². The smallest absolute Gasteiger partial charge is 0.251 e. The first-order valence-corrected chi connectivity index (χ1v) is 8.78. The molecule has 0 spiro atoms. The van der Waals surface area contributed by atoms with Gasteiger partial charge in [0.2, 0.25) is 0 Å². The summed E-state index contributed by atoms with van der Waals surface area (Å²) >= 11 is 0. The predicted molar refractivity (Wildman–Crippen MR) is 107 cm³/mol. The summed E-state index contributed by atoms with van der Waals surface area (Å²) in [4.78, 5) is 25.2. The molecule has 1 amide bonds. The molecule has 0 aliphatic rings. The minimum Gasteiger partial charge on any atom is -0.348 e. The van der Waals surface area contributed by atoms with Crippen molar-refractivity contribution in [3.8, 4) is 0 Å². The minimum atomic E-state index is -0.108. The van der Waals surface area contributed by atoms with Crippen LogP contribution in [-0.4, -0.2) is 20.9 Å². The molecule has 0 radical (unpaired) electrons. The standard InChI is InChI=1S/C22H16N4O/c27-22(23-13-14-6-2-1-3-7-14)15-10-11-17-16(12-15)20-21(25-17)26-19-9-5-4-8-18(19)24-20/h1-12H,13H2,(H,23,27)(H,25,26). The number of hydrogen-bond donors (Lipinski definition) is 2. The molecule has 0 saturated carbocycles. The number of nitrogens with zero attached hydrogens (tertiary/aromatic N) is 2. The van der Waals surface area contributed by atoms with E-state index in [1.54, 1.807) is 0 Å². The molecule has 5 aromatic rings. The number of aromatic nitrogens is 3. The van der Waals surface area contributed by atoms with Gasteiger partial charge in [0, 0.05) is 23.0 Å². The third-order valence-electron chi connectivity index (χ3n) is 4.66. The Labute approximate surface area is 155 Å². The van der Waals surface area contributed by atoms with Crippen molar-refractivity contribution < 1.29 is 4.79 Å². The zero-order chi connectivity index (χ0) is 18.2. The molecule has 0 unspecified atom stereocenters. The van der Waals surface area contributed by atoms with Crippen molar-refractivity contribution in [3.05, 3.63) is 83.9 Å². The second kappa shape index (κ2) is 6.21. The van der Waals surface area contributed by atoms with Crippen molar-refractivity contribution in [2.75, 3.05) is 0 Å². The first kappa shape index (κ1) is 15.5. The fourth-order valence-electron chi connectivity index (χ4n) is 3.27. The van der Waals surface area contributed by atoms with E-state index in [0.29, 0.717) is 12.1 Å². The second-order valence-electron chi connectivity index (χ2n) is 6.46. The first-order chi connectivity index (χ1) is 13.3. The highest BCUT2D eigenvalue weighted by molar-refractivity contribution is 6.08. The second-order valence-corrected chi connectivity index (χ2v) is 6.46. The molecule has 0 fully saturated rings. The molecule has 0 aliphatic heterocycles. The van der Waals surface area contributed by atoms with Crippen LogP contribution in [0.4, 0.5) is 0 Å². The van der Waals surface area contributed by atoms with Crippen LogP contribution in [0, 0.1) is 0 Å². The molecule has 2 N–H and O–H groups in total. The zero-order valence-electron chi connectivity index (χ0n) is 14.4. The molecule has 0 atom stereocenters. The molecule has 130 valence electrons. The molecule has 2 heterocycles. The van der Waals surface area contributed by atoms with E-state index in [9.17, 15) is 4.79 Å². The minimum absolute atomic E-state index is 0.108. The lowest BCUT2D eigenvalue weighted by atomic mass is 10.1. The van der Waals surface area contributed by atoms with Gasteiger partial charge in [-0.1, -0.05) is 42.5 Å². The van der Waals surface area contributed by atoms with E-state index in [4.69, 9.17) is 4.98 Å². The molecule has 5 rings (SSSR count). The van der Waals surface area contributed by atoms with Gasteiger partial charge in [-0.15, -0.1) is 0 Å². The Morgan fingerprint density at radius 2 is 1.63 bits per heavy atom. The van der Waals surface area contributed by atoms with Crippen molar-refractivity contribution in [1.82, 2.24) is 20.3 Å². The number of fused-ring (bicyclic) bond motifs is 4. The van der Waals surface area contributed by atoms with Crippen LogP contribution in [0.5, 0.6) is 0 Å². The molecule has 0 aliphatic carbocycles. The molecular weight excluding hydrogens is 336 g/mol. The summed E-state index contributed by atoms with van der Waals surface area (Å²) in [6, 6.07) is 23.2. The Morgan fingerprint density at radius 3 is 2.44 bits per heavy atom. The van der Waals surface area contributed by atoms with Crippen LogP contribution < -0.4 is 5.32 Å². The van der Waals surface area contributed by atoms with Gasteiger partial charge < -0.3 is 10.3 Å². The summed E-state index contributed by atoms with van der Waals surface area (Å²) in [7, 11) is 0. The van der Waals surface area contributed by atoms with Gasteiger partial charge in [0.05, 0.1) is 11.0 Å². The third-order valence-corrected chi connectivity index (χ3v) is 4.66. The molecule has 0 saturated heterocycles. The van der Waals surface area contributed by atoms with Gasteiger partial charge in [-0.2, -0.15) is 0 Å². The van der Waals surface area contributed by atoms with Crippen LogP contribution in [0.3, 0.4) is 0 Å². The molecule has 3 aromatic carbocycles. The number of nitrogens with one attached hydrogen (secondary N) is 2.